The number of nitrogens with zero attached hydrogens (tertiary/aromatic N) is 5. The first-order chi connectivity index (χ1) is 17.7. The zero-order valence-electron chi connectivity index (χ0n) is 21.4. The Morgan fingerprint density at radius 2 is 1.81 bits per heavy atom. The molecule has 4 rings (SSSR count). The minimum absolute atomic E-state index is 0.0963. The maximum atomic E-state index is 13.5. The van der Waals surface area contributed by atoms with Crippen molar-refractivity contribution in [1.82, 2.24) is 25.5 Å². The van der Waals surface area contributed by atoms with E-state index in [1.54, 1.807) is 36.4 Å². The number of benzene rings is 2. The van der Waals surface area contributed by atoms with E-state index in [1.165, 1.54) is 0 Å². The third-order valence-corrected chi connectivity index (χ3v) is 7.01. The molecule has 1 aliphatic rings. The Balaban J connectivity index is 1.49. The maximum absolute atomic E-state index is 13.5. The Kier molecular flexibility index (Phi) is 7.82. The number of tetrazole rings is 1. The molecule has 0 radical (unpaired) electrons. The predicted octanol–water partition coefficient (Wildman–Crippen LogP) is 4.96. The second-order valence-electron chi connectivity index (χ2n) is 10.5. The van der Waals surface area contributed by atoms with Gasteiger partial charge in [-0.3, -0.25) is 10.1 Å². The van der Waals surface area contributed by atoms with Crippen LogP contribution in [0.2, 0.25) is 0 Å². The van der Waals surface area contributed by atoms with Gasteiger partial charge in [0, 0.05) is 23.8 Å². The van der Waals surface area contributed by atoms with Crippen molar-refractivity contribution < 1.29 is 9.59 Å². The van der Waals surface area contributed by atoms with Crippen LogP contribution >= 0.6 is 0 Å². The number of nitriles is 1. The van der Waals surface area contributed by atoms with Crippen LogP contribution in [-0.4, -0.2) is 43.5 Å². The molecular weight excluding hydrogens is 468 g/mol. The van der Waals surface area contributed by atoms with Gasteiger partial charge < -0.3 is 10.2 Å². The van der Waals surface area contributed by atoms with E-state index in [0.29, 0.717) is 29.3 Å². The molecule has 0 atom stereocenters. The molecule has 192 valence electrons. The van der Waals surface area contributed by atoms with E-state index in [4.69, 9.17) is 0 Å². The SMILES string of the molecule is CC(C)(C)C1CCC(N(Cc2ccc(C(=O)Nc3nn[nH]n3)cc2)C(=O)Nc2cccc(C#N)c2)CC1. The normalized spacial score (nSPS) is 17.5. The summed E-state index contributed by atoms with van der Waals surface area (Å²) in [6.07, 6.45) is 3.99. The molecule has 0 saturated heterocycles. The average Bonchev–Trinajstić information content (AvgIpc) is 3.40. The van der Waals surface area contributed by atoms with Crippen LogP contribution in [0.5, 0.6) is 0 Å². The van der Waals surface area contributed by atoms with Gasteiger partial charge in [0.2, 0.25) is 0 Å². The second kappa shape index (κ2) is 11.2. The molecule has 10 heteroatoms. The Labute approximate surface area is 216 Å². The molecule has 1 saturated carbocycles. The highest BCUT2D eigenvalue weighted by Crippen LogP contribution is 2.39. The minimum Gasteiger partial charge on any atom is -0.317 e. The van der Waals surface area contributed by atoms with Gasteiger partial charge in [-0.2, -0.15) is 10.5 Å². The van der Waals surface area contributed by atoms with E-state index in [9.17, 15) is 14.9 Å². The molecule has 10 nitrogen and oxygen atoms in total. The quantitative estimate of drug-likeness (QED) is 0.437. The van der Waals surface area contributed by atoms with Gasteiger partial charge in [-0.05, 0) is 78.1 Å². The fourth-order valence-corrected chi connectivity index (χ4v) is 4.83. The molecule has 1 fully saturated rings. The number of urea groups is 1. The molecule has 3 N–H and O–H groups in total. The van der Waals surface area contributed by atoms with E-state index >= 15 is 0 Å². The van der Waals surface area contributed by atoms with Crippen LogP contribution < -0.4 is 10.6 Å². The van der Waals surface area contributed by atoms with Crippen LogP contribution in [0.3, 0.4) is 0 Å². The largest absolute Gasteiger partial charge is 0.322 e. The summed E-state index contributed by atoms with van der Waals surface area (Å²) in [4.78, 5) is 27.8. The third kappa shape index (κ3) is 6.70. The monoisotopic (exact) mass is 500 g/mol. The zero-order valence-corrected chi connectivity index (χ0v) is 21.4. The minimum atomic E-state index is -0.347. The number of nitrogens with one attached hydrogen (secondary N) is 3. The molecule has 3 amide bonds. The van der Waals surface area contributed by atoms with Crippen LogP contribution in [0, 0.1) is 22.7 Å². The molecule has 0 spiro atoms. The zero-order chi connectivity index (χ0) is 26.4. The van der Waals surface area contributed by atoms with E-state index in [1.807, 2.05) is 17.0 Å². The molecule has 1 aromatic heterocycles. The first kappa shape index (κ1) is 25.8. The summed E-state index contributed by atoms with van der Waals surface area (Å²) in [6.45, 7) is 7.24. The average molecular weight is 501 g/mol. The topological polar surface area (TPSA) is 140 Å². The van der Waals surface area contributed by atoms with Crippen LogP contribution in [0.1, 0.15) is 67.9 Å². The van der Waals surface area contributed by atoms with Gasteiger partial charge in [0.25, 0.3) is 11.9 Å². The molecule has 3 aromatic rings. The summed E-state index contributed by atoms with van der Waals surface area (Å²) in [5.74, 6) is 0.377. The van der Waals surface area contributed by atoms with Crippen molar-refractivity contribution in [1.29, 1.82) is 5.26 Å². The van der Waals surface area contributed by atoms with Crippen molar-refractivity contribution in [3.05, 3.63) is 65.2 Å². The maximum Gasteiger partial charge on any atom is 0.322 e. The fourth-order valence-electron chi connectivity index (χ4n) is 4.83. The molecule has 1 aliphatic carbocycles. The number of aromatic nitrogens is 4. The Morgan fingerprint density at radius 3 is 2.43 bits per heavy atom. The summed E-state index contributed by atoms with van der Waals surface area (Å²) in [5.41, 5.74) is 2.68. The number of carbonyl (C=O) groups is 2. The molecule has 0 bridgehead atoms. The van der Waals surface area contributed by atoms with Gasteiger partial charge in [0.15, 0.2) is 0 Å². The van der Waals surface area contributed by atoms with Gasteiger partial charge in [-0.1, -0.05) is 44.1 Å². The van der Waals surface area contributed by atoms with Crippen molar-refractivity contribution >= 4 is 23.6 Å². The summed E-state index contributed by atoms with van der Waals surface area (Å²) in [7, 11) is 0. The summed E-state index contributed by atoms with van der Waals surface area (Å²) in [6, 6.07) is 16.1. The lowest BCUT2D eigenvalue weighted by Crippen LogP contribution is -2.45. The summed E-state index contributed by atoms with van der Waals surface area (Å²) in [5, 5.41) is 27.9. The number of carbonyl (C=O) groups excluding carboxylic acids is 2. The first-order valence-electron chi connectivity index (χ1n) is 12.4. The van der Waals surface area contributed by atoms with Crippen molar-refractivity contribution in [2.45, 2.75) is 59.0 Å². The van der Waals surface area contributed by atoms with Gasteiger partial charge in [-0.25, -0.2) is 4.79 Å². The lowest BCUT2D eigenvalue weighted by Gasteiger charge is -2.41. The van der Waals surface area contributed by atoms with Gasteiger partial charge in [-0.15, -0.1) is 5.10 Å². The predicted molar refractivity (Wildman–Crippen MR) is 139 cm³/mol. The fraction of sp³-hybridized carbons (Fsp3) is 0.407. The molecule has 2 aromatic carbocycles. The number of hydrogen-bond acceptors (Lipinski definition) is 6. The summed E-state index contributed by atoms with van der Waals surface area (Å²) < 4.78 is 0. The van der Waals surface area contributed by atoms with E-state index < -0.39 is 0 Å². The van der Waals surface area contributed by atoms with E-state index in [0.717, 1.165) is 31.2 Å². The second-order valence-corrected chi connectivity index (χ2v) is 10.5. The molecule has 0 unspecified atom stereocenters. The Hall–Kier alpha value is -4.26. The van der Waals surface area contributed by atoms with Crippen LogP contribution in [-0.2, 0) is 6.54 Å². The Bertz CT molecular complexity index is 1250. The first-order valence-corrected chi connectivity index (χ1v) is 12.4. The van der Waals surface area contributed by atoms with E-state index in [2.05, 4.69) is 58.1 Å². The van der Waals surface area contributed by atoms with Crippen molar-refractivity contribution in [3.8, 4) is 6.07 Å². The van der Waals surface area contributed by atoms with Crippen molar-refractivity contribution in [3.63, 3.8) is 0 Å². The number of anilines is 2. The highest BCUT2D eigenvalue weighted by atomic mass is 16.2. The standard InChI is InChI=1S/C27H32N8O2/c1-27(2,3)21-11-13-23(14-12-21)35(26(37)29-22-6-4-5-19(15-22)16-28)17-18-7-9-20(10-8-18)24(36)30-25-31-33-34-32-25/h4-10,15,21,23H,11-14,17H2,1-3H3,(H,29,37)(H2,30,31,32,33,34,36). The highest BCUT2D eigenvalue weighted by Gasteiger charge is 2.33. The van der Waals surface area contributed by atoms with Gasteiger partial charge in [0.1, 0.15) is 0 Å². The van der Waals surface area contributed by atoms with Crippen molar-refractivity contribution in [2.75, 3.05) is 10.6 Å². The molecular formula is C27H32N8O2. The van der Waals surface area contributed by atoms with Crippen LogP contribution in [0.15, 0.2) is 48.5 Å². The smallest absolute Gasteiger partial charge is 0.317 e. The number of hydrogen-bond donors (Lipinski definition) is 3. The molecule has 0 aliphatic heterocycles. The number of H-pyrrole nitrogens is 1. The lowest BCUT2D eigenvalue weighted by atomic mass is 9.71. The van der Waals surface area contributed by atoms with Crippen molar-refractivity contribution in [2.24, 2.45) is 11.3 Å². The highest BCUT2D eigenvalue weighted by molar-refractivity contribution is 6.03. The summed E-state index contributed by atoms with van der Waals surface area (Å²) >= 11 is 0. The van der Waals surface area contributed by atoms with E-state index in [-0.39, 0.29) is 29.3 Å². The van der Waals surface area contributed by atoms with Gasteiger partial charge >= 0.3 is 6.03 Å². The number of amides is 3. The molecule has 1 heterocycles. The van der Waals surface area contributed by atoms with Crippen LogP contribution in [0.4, 0.5) is 16.4 Å². The Morgan fingerprint density at radius 1 is 1.08 bits per heavy atom. The third-order valence-electron chi connectivity index (χ3n) is 7.01. The number of aromatic amines is 1. The van der Waals surface area contributed by atoms with Gasteiger partial charge in [0.05, 0.1) is 11.6 Å². The molecule has 37 heavy (non-hydrogen) atoms. The number of rotatable bonds is 6. The lowest BCUT2D eigenvalue weighted by molar-refractivity contribution is 0.102. The van der Waals surface area contributed by atoms with Crippen LogP contribution in [0.25, 0.3) is 0 Å².